The summed E-state index contributed by atoms with van der Waals surface area (Å²) in [6.07, 6.45) is 0.936. The van der Waals surface area contributed by atoms with Crippen molar-refractivity contribution in [3.05, 3.63) is 0 Å². The van der Waals surface area contributed by atoms with Crippen molar-refractivity contribution in [3.8, 4) is 0 Å². The average Bonchev–Trinajstić information content (AvgIpc) is 1.61. The molecule has 0 aliphatic carbocycles. The second-order valence-electron chi connectivity index (χ2n) is 2.19. The molecule has 9 heavy (non-hydrogen) atoms. The molecule has 2 N–H and O–H groups in total. The lowest BCUT2D eigenvalue weighted by Gasteiger charge is -2.34. The van der Waals surface area contributed by atoms with E-state index in [0.717, 1.165) is 13.0 Å². The van der Waals surface area contributed by atoms with Crippen molar-refractivity contribution < 1.29 is 4.79 Å². The van der Waals surface area contributed by atoms with Crippen LogP contribution in [0.1, 0.15) is 6.42 Å². The number of amides is 1. The van der Waals surface area contributed by atoms with Crippen LogP contribution in [0.4, 0.5) is 0 Å². The predicted molar refractivity (Wildman–Crippen MR) is 37.5 cm³/mol. The van der Waals surface area contributed by atoms with E-state index in [1.807, 2.05) is 11.9 Å². The van der Waals surface area contributed by atoms with Gasteiger partial charge in [0.15, 0.2) is 0 Å². The van der Waals surface area contributed by atoms with Gasteiger partial charge in [0.25, 0.3) is 0 Å². The Morgan fingerprint density at radius 1 is 1.78 bits per heavy atom. The van der Waals surface area contributed by atoms with Gasteiger partial charge in [-0.05, 0) is 13.5 Å². The second kappa shape index (κ2) is 3.03. The lowest BCUT2D eigenvalue weighted by Crippen LogP contribution is -2.52. The van der Waals surface area contributed by atoms with Gasteiger partial charge in [-0.15, -0.1) is 12.4 Å². The number of likely N-dealkylation sites (N-methyl/N-ethyl adjacent to an activating group) is 1. The molecule has 3 nitrogen and oxygen atoms in total. The van der Waals surface area contributed by atoms with Gasteiger partial charge >= 0.3 is 0 Å². The maximum atomic E-state index is 10.4. The van der Waals surface area contributed by atoms with Gasteiger partial charge < -0.3 is 5.73 Å². The molecule has 0 aromatic rings. The molecule has 0 aromatic heterocycles. The molecular weight excluding hydrogens is 140 g/mol. The number of carbonyl (C=O) groups excluding carboxylic acids is 1. The molecule has 0 spiro atoms. The third kappa shape index (κ3) is 1.56. The summed E-state index contributed by atoms with van der Waals surface area (Å²) < 4.78 is 0. The summed E-state index contributed by atoms with van der Waals surface area (Å²) >= 11 is 0. The fourth-order valence-electron chi connectivity index (χ4n) is 0.876. The third-order valence-electron chi connectivity index (χ3n) is 1.62. The van der Waals surface area contributed by atoms with Crippen LogP contribution in [0, 0.1) is 0 Å². The van der Waals surface area contributed by atoms with Crippen LogP contribution in [-0.4, -0.2) is 30.4 Å². The molecule has 1 unspecified atom stereocenters. The Morgan fingerprint density at radius 3 is 2.33 bits per heavy atom. The Bertz CT molecular complexity index is 118. The molecule has 0 aromatic carbocycles. The summed E-state index contributed by atoms with van der Waals surface area (Å²) in [5.74, 6) is -0.196. The van der Waals surface area contributed by atoms with E-state index in [2.05, 4.69) is 0 Å². The first-order valence-electron chi connectivity index (χ1n) is 2.71. The number of nitrogens with two attached hydrogens (primary N) is 1. The number of hydrogen-bond donors (Lipinski definition) is 1. The van der Waals surface area contributed by atoms with Crippen LogP contribution in [0.5, 0.6) is 0 Å². The molecule has 0 bridgehead atoms. The van der Waals surface area contributed by atoms with Crippen LogP contribution in [0.3, 0.4) is 0 Å². The standard InChI is InChI=1S/C5H10N2O.ClH/c1-7-3-2-4(7)5(6)8;/h4H,2-3H2,1H3,(H2,6,8);1H. The van der Waals surface area contributed by atoms with E-state index in [1.54, 1.807) is 0 Å². The van der Waals surface area contributed by atoms with E-state index in [9.17, 15) is 4.79 Å². The van der Waals surface area contributed by atoms with Gasteiger partial charge in [0, 0.05) is 6.54 Å². The van der Waals surface area contributed by atoms with Crippen molar-refractivity contribution in [2.75, 3.05) is 13.6 Å². The number of carbonyl (C=O) groups is 1. The van der Waals surface area contributed by atoms with E-state index < -0.39 is 0 Å². The van der Waals surface area contributed by atoms with Crippen molar-refractivity contribution in [2.24, 2.45) is 5.73 Å². The monoisotopic (exact) mass is 150 g/mol. The van der Waals surface area contributed by atoms with Crippen LogP contribution in [0.2, 0.25) is 0 Å². The zero-order valence-electron chi connectivity index (χ0n) is 5.33. The van der Waals surface area contributed by atoms with Gasteiger partial charge in [-0.2, -0.15) is 0 Å². The first kappa shape index (κ1) is 8.72. The summed E-state index contributed by atoms with van der Waals surface area (Å²) in [4.78, 5) is 12.3. The van der Waals surface area contributed by atoms with Gasteiger partial charge in [0.1, 0.15) is 0 Å². The van der Waals surface area contributed by atoms with Crippen LogP contribution in [-0.2, 0) is 4.79 Å². The summed E-state index contributed by atoms with van der Waals surface area (Å²) in [7, 11) is 1.90. The van der Waals surface area contributed by atoms with Gasteiger partial charge in [0.05, 0.1) is 6.04 Å². The smallest absolute Gasteiger partial charge is 0.234 e. The molecule has 1 saturated heterocycles. The number of halogens is 1. The van der Waals surface area contributed by atoms with Crippen molar-refractivity contribution in [2.45, 2.75) is 12.5 Å². The number of rotatable bonds is 1. The fraction of sp³-hybridized carbons (Fsp3) is 0.800. The SMILES string of the molecule is CN1CCC1C(N)=O.Cl. The number of nitrogens with zero attached hydrogens (tertiary/aromatic N) is 1. The minimum Gasteiger partial charge on any atom is -0.368 e. The Kier molecular flexibility index (Phi) is 2.94. The van der Waals surface area contributed by atoms with Gasteiger partial charge in [-0.3, -0.25) is 9.69 Å². The molecule has 1 fully saturated rings. The largest absolute Gasteiger partial charge is 0.368 e. The lowest BCUT2D eigenvalue weighted by atomic mass is 10.0. The van der Waals surface area contributed by atoms with E-state index in [1.165, 1.54) is 0 Å². The Hall–Kier alpha value is -0.280. The van der Waals surface area contributed by atoms with E-state index in [4.69, 9.17) is 5.73 Å². The minimum atomic E-state index is -0.196. The second-order valence-corrected chi connectivity index (χ2v) is 2.19. The predicted octanol–water partition coefficient (Wildman–Crippen LogP) is -0.402. The zero-order valence-corrected chi connectivity index (χ0v) is 6.15. The van der Waals surface area contributed by atoms with Crippen LogP contribution in [0.15, 0.2) is 0 Å². The molecule has 4 heteroatoms. The highest BCUT2D eigenvalue weighted by Gasteiger charge is 2.28. The molecule has 0 radical (unpaired) electrons. The van der Waals surface area contributed by atoms with Gasteiger partial charge in [-0.25, -0.2) is 0 Å². The molecule has 1 aliphatic heterocycles. The van der Waals surface area contributed by atoms with Gasteiger partial charge in [0.2, 0.25) is 5.91 Å². The molecule has 0 saturated carbocycles. The topological polar surface area (TPSA) is 46.3 Å². The van der Waals surface area contributed by atoms with Crippen molar-refractivity contribution >= 4 is 18.3 Å². The highest BCUT2D eigenvalue weighted by atomic mass is 35.5. The van der Waals surface area contributed by atoms with Crippen LogP contribution >= 0.6 is 12.4 Å². The molecule has 54 valence electrons. The van der Waals surface area contributed by atoms with Crippen LogP contribution < -0.4 is 5.73 Å². The molecular formula is C5H11ClN2O. The van der Waals surface area contributed by atoms with E-state index in [0.29, 0.717) is 0 Å². The van der Waals surface area contributed by atoms with E-state index in [-0.39, 0.29) is 24.4 Å². The van der Waals surface area contributed by atoms with Crippen LogP contribution in [0.25, 0.3) is 0 Å². The first-order valence-corrected chi connectivity index (χ1v) is 2.71. The number of likely N-dealkylation sites (tertiary alicyclic amines) is 1. The van der Waals surface area contributed by atoms with Crippen molar-refractivity contribution in [1.82, 2.24) is 4.90 Å². The normalized spacial score (nSPS) is 26.1. The highest BCUT2D eigenvalue weighted by molar-refractivity contribution is 5.85. The molecule has 1 atom stereocenters. The molecule has 1 rings (SSSR count). The van der Waals surface area contributed by atoms with Gasteiger partial charge in [-0.1, -0.05) is 0 Å². The molecule has 1 heterocycles. The summed E-state index contributed by atoms with van der Waals surface area (Å²) in [6, 6.07) is 0.0231. The molecule has 1 amide bonds. The highest BCUT2D eigenvalue weighted by Crippen LogP contribution is 2.12. The zero-order chi connectivity index (χ0) is 6.15. The Labute approximate surface area is 60.6 Å². The van der Waals surface area contributed by atoms with Crippen molar-refractivity contribution in [1.29, 1.82) is 0 Å². The maximum Gasteiger partial charge on any atom is 0.234 e. The fourth-order valence-corrected chi connectivity index (χ4v) is 0.876. The third-order valence-corrected chi connectivity index (χ3v) is 1.62. The first-order chi connectivity index (χ1) is 3.72. The Balaban J connectivity index is 0.000000640. The maximum absolute atomic E-state index is 10.4. The molecule has 1 aliphatic rings. The Morgan fingerprint density at radius 2 is 2.33 bits per heavy atom. The van der Waals surface area contributed by atoms with E-state index >= 15 is 0 Å². The summed E-state index contributed by atoms with van der Waals surface area (Å²) in [6.45, 7) is 1.01. The lowest BCUT2D eigenvalue weighted by molar-refractivity contribution is -0.126. The summed E-state index contributed by atoms with van der Waals surface area (Å²) in [5, 5.41) is 0. The van der Waals surface area contributed by atoms with Crippen molar-refractivity contribution in [3.63, 3.8) is 0 Å². The summed E-state index contributed by atoms with van der Waals surface area (Å²) in [5.41, 5.74) is 5.01. The number of hydrogen-bond acceptors (Lipinski definition) is 2. The minimum absolute atomic E-state index is 0. The number of primary amides is 1. The quantitative estimate of drug-likeness (QED) is 0.553. The average molecular weight is 151 g/mol.